The van der Waals surface area contributed by atoms with Gasteiger partial charge in [-0.15, -0.1) is 0 Å². The van der Waals surface area contributed by atoms with Crippen LogP contribution < -0.4 is 5.32 Å². The van der Waals surface area contributed by atoms with E-state index < -0.39 is 0 Å². The summed E-state index contributed by atoms with van der Waals surface area (Å²) in [7, 11) is 2.00. The van der Waals surface area contributed by atoms with Gasteiger partial charge in [0.1, 0.15) is 0 Å². The van der Waals surface area contributed by atoms with Crippen molar-refractivity contribution < 1.29 is 0 Å². The van der Waals surface area contributed by atoms with Crippen LogP contribution in [0.15, 0.2) is 18.2 Å². The van der Waals surface area contributed by atoms with E-state index in [4.69, 9.17) is 23.2 Å². The van der Waals surface area contributed by atoms with Gasteiger partial charge in [0.2, 0.25) is 0 Å². The number of hydrogen-bond donors (Lipinski definition) is 1. The standard InChI is InChI=1S/C14H21Cl2N/c1-10(2)14(3,9-17-4)8-11-5-6-12(15)13(16)7-11/h5-7,10,17H,8-9H2,1-4H3. The fourth-order valence-electron chi connectivity index (χ4n) is 1.99. The smallest absolute Gasteiger partial charge is 0.0595 e. The van der Waals surface area contributed by atoms with Crippen molar-refractivity contribution in [3.8, 4) is 0 Å². The van der Waals surface area contributed by atoms with Crippen molar-refractivity contribution in [2.75, 3.05) is 13.6 Å². The van der Waals surface area contributed by atoms with Crippen LogP contribution in [-0.2, 0) is 6.42 Å². The van der Waals surface area contributed by atoms with Crippen LogP contribution in [0.1, 0.15) is 26.3 Å². The monoisotopic (exact) mass is 273 g/mol. The number of nitrogens with one attached hydrogen (secondary N) is 1. The maximum absolute atomic E-state index is 6.05. The van der Waals surface area contributed by atoms with E-state index in [0.717, 1.165) is 13.0 Å². The van der Waals surface area contributed by atoms with Gasteiger partial charge in [-0.3, -0.25) is 0 Å². The lowest BCUT2D eigenvalue weighted by atomic mass is 9.74. The molecular formula is C14H21Cl2N. The molecule has 3 heteroatoms. The van der Waals surface area contributed by atoms with Gasteiger partial charge in [-0.05, 0) is 42.5 Å². The average molecular weight is 274 g/mol. The lowest BCUT2D eigenvalue weighted by molar-refractivity contribution is 0.212. The molecule has 1 aromatic rings. The molecule has 1 N–H and O–H groups in total. The van der Waals surface area contributed by atoms with Gasteiger partial charge in [0.25, 0.3) is 0 Å². The van der Waals surface area contributed by atoms with Gasteiger partial charge in [0.15, 0.2) is 0 Å². The molecule has 0 fully saturated rings. The van der Waals surface area contributed by atoms with E-state index in [1.165, 1.54) is 5.56 Å². The van der Waals surface area contributed by atoms with Crippen LogP contribution in [0.4, 0.5) is 0 Å². The minimum atomic E-state index is 0.228. The fourth-order valence-corrected chi connectivity index (χ4v) is 2.31. The van der Waals surface area contributed by atoms with Gasteiger partial charge in [-0.25, -0.2) is 0 Å². The van der Waals surface area contributed by atoms with Crippen molar-refractivity contribution in [1.29, 1.82) is 0 Å². The van der Waals surface area contributed by atoms with Crippen LogP contribution in [0.2, 0.25) is 10.0 Å². The minimum absolute atomic E-state index is 0.228. The van der Waals surface area contributed by atoms with Gasteiger partial charge in [0.05, 0.1) is 10.0 Å². The van der Waals surface area contributed by atoms with E-state index in [9.17, 15) is 0 Å². The van der Waals surface area contributed by atoms with Crippen molar-refractivity contribution in [3.63, 3.8) is 0 Å². The first-order chi connectivity index (χ1) is 7.89. The molecule has 0 saturated carbocycles. The molecule has 1 nitrogen and oxygen atoms in total. The van der Waals surface area contributed by atoms with Crippen LogP contribution in [0.3, 0.4) is 0 Å². The van der Waals surface area contributed by atoms with E-state index in [1.807, 2.05) is 19.2 Å². The first-order valence-corrected chi connectivity index (χ1v) is 6.73. The summed E-state index contributed by atoms with van der Waals surface area (Å²) < 4.78 is 0. The van der Waals surface area contributed by atoms with E-state index in [-0.39, 0.29) is 5.41 Å². The molecule has 1 unspecified atom stereocenters. The molecule has 17 heavy (non-hydrogen) atoms. The third-order valence-corrected chi connectivity index (χ3v) is 4.31. The fraction of sp³-hybridized carbons (Fsp3) is 0.571. The van der Waals surface area contributed by atoms with Crippen molar-refractivity contribution in [2.24, 2.45) is 11.3 Å². The Labute approximate surface area is 115 Å². The number of benzene rings is 1. The molecule has 0 heterocycles. The third kappa shape index (κ3) is 3.87. The zero-order valence-corrected chi connectivity index (χ0v) is 12.5. The van der Waals surface area contributed by atoms with Gasteiger partial charge in [0, 0.05) is 6.54 Å². The summed E-state index contributed by atoms with van der Waals surface area (Å²) in [5, 5.41) is 4.54. The maximum atomic E-state index is 6.05. The van der Waals surface area contributed by atoms with Crippen LogP contribution in [0.5, 0.6) is 0 Å². The van der Waals surface area contributed by atoms with Crippen LogP contribution in [0, 0.1) is 11.3 Å². The van der Waals surface area contributed by atoms with E-state index in [0.29, 0.717) is 16.0 Å². The number of halogens is 2. The van der Waals surface area contributed by atoms with E-state index in [2.05, 4.69) is 32.2 Å². The maximum Gasteiger partial charge on any atom is 0.0595 e. The van der Waals surface area contributed by atoms with Crippen LogP contribution in [-0.4, -0.2) is 13.6 Å². The molecule has 0 spiro atoms. The molecule has 0 aliphatic heterocycles. The zero-order valence-electron chi connectivity index (χ0n) is 11.0. The van der Waals surface area contributed by atoms with Crippen molar-refractivity contribution in [1.82, 2.24) is 5.32 Å². The summed E-state index contributed by atoms with van der Waals surface area (Å²) >= 11 is 12.0. The SMILES string of the molecule is CNCC(C)(Cc1ccc(Cl)c(Cl)c1)C(C)C. The third-order valence-electron chi connectivity index (χ3n) is 3.57. The second kappa shape index (κ2) is 6.08. The quantitative estimate of drug-likeness (QED) is 0.838. The lowest BCUT2D eigenvalue weighted by Gasteiger charge is -2.34. The van der Waals surface area contributed by atoms with Crippen molar-refractivity contribution in [3.05, 3.63) is 33.8 Å². The molecule has 0 bridgehead atoms. The molecule has 0 aliphatic rings. The molecule has 0 radical (unpaired) electrons. The van der Waals surface area contributed by atoms with Gasteiger partial charge < -0.3 is 5.32 Å². The van der Waals surface area contributed by atoms with E-state index >= 15 is 0 Å². The molecule has 0 amide bonds. The molecule has 96 valence electrons. The Morgan fingerprint density at radius 1 is 1.24 bits per heavy atom. The predicted octanol–water partition coefficient (Wildman–Crippen LogP) is 4.42. The van der Waals surface area contributed by atoms with Gasteiger partial charge >= 0.3 is 0 Å². The van der Waals surface area contributed by atoms with Gasteiger partial charge in [-0.1, -0.05) is 50.0 Å². The van der Waals surface area contributed by atoms with E-state index in [1.54, 1.807) is 0 Å². The van der Waals surface area contributed by atoms with Crippen molar-refractivity contribution in [2.45, 2.75) is 27.2 Å². The summed E-state index contributed by atoms with van der Waals surface area (Å²) in [6, 6.07) is 5.91. The summed E-state index contributed by atoms with van der Waals surface area (Å²) in [5.41, 5.74) is 1.47. The highest BCUT2D eigenvalue weighted by Gasteiger charge is 2.27. The molecule has 1 atom stereocenters. The molecule has 1 rings (SSSR count). The Balaban J connectivity index is 2.90. The van der Waals surface area contributed by atoms with Gasteiger partial charge in [-0.2, -0.15) is 0 Å². The van der Waals surface area contributed by atoms with Crippen LogP contribution in [0.25, 0.3) is 0 Å². The Morgan fingerprint density at radius 2 is 1.88 bits per heavy atom. The Bertz CT molecular complexity index is 376. The Hall–Kier alpha value is -0.240. The lowest BCUT2D eigenvalue weighted by Crippen LogP contribution is -2.36. The Morgan fingerprint density at radius 3 is 2.35 bits per heavy atom. The first kappa shape index (κ1) is 14.8. The minimum Gasteiger partial charge on any atom is -0.319 e. The zero-order chi connectivity index (χ0) is 13.1. The highest BCUT2D eigenvalue weighted by atomic mass is 35.5. The highest BCUT2D eigenvalue weighted by molar-refractivity contribution is 6.42. The summed E-state index contributed by atoms with van der Waals surface area (Å²) in [4.78, 5) is 0. The predicted molar refractivity (Wildman–Crippen MR) is 77.0 cm³/mol. The van der Waals surface area contributed by atoms with Crippen LogP contribution >= 0.6 is 23.2 Å². The summed E-state index contributed by atoms with van der Waals surface area (Å²) in [5.74, 6) is 0.601. The summed E-state index contributed by atoms with van der Waals surface area (Å²) in [6.45, 7) is 7.81. The molecule has 0 saturated heterocycles. The number of rotatable bonds is 5. The second-order valence-corrected chi connectivity index (χ2v) is 6.08. The highest BCUT2D eigenvalue weighted by Crippen LogP contribution is 2.32. The largest absolute Gasteiger partial charge is 0.319 e. The second-order valence-electron chi connectivity index (χ2n) is 5.26. The topological polar surface area (TPSA) is 12.0 Å². The number of hydrogen-bond acceptors (Lipinski definition) is 1. The molecule has 0 aliphatic carbocycles. The normalized spacial score (nSPS) is 15.0. The summed E-state index contributed by atoms with van der Waals surface area (Å²) in [6.07, 6.45) is 1.00. The molecular weight excluding hydrogens is 253 g/mol. The molecule has 0 aromatic heterocycles. The molecule has 1 aromatic carbocycles. The first-order valence-electron chi connectivity index (χ1n) is 5.97. The van der Waals surface area contributed by atoms with Crippen molar-refractivity contribution >= 4 is 23.2 Å². The Kier molecular flexibility index (Phi) is 5.30. The average Bonchev–Trinajstić information content (AvgIpc) is 2.23.